The summed E-state index contributed by atoms with van der Waals surface area (Å²) in [4.78, 5) is 0. The Bertz CT molecular complexity index is 326. The van der Waals surface area contributed by atoms with Gasteiger partial charge in [-0.1, -0.05) is 6.92 Å². The van der Waals surface area contributed by atoms with Crippen molar-refractivity contribution in [2.45, 2.75) is 31.8 Å². The van der Waals surface area contributed by atoms with Crippen LogP contribution in [0.25, 0.3) is 0 Å². The molecular formula is C10H15BrN2O. The second-order valence-electron chi connectivity index (χ2n) is 4.02. The van der Waals surface area contributed by atoms with Gasteiger partial charge in [0.25, 0.3) is 0 Å². The number of halogens is 1. The first-order valence-corrected chi connectivity index (χ1v) is 5.79. The van der Waals surface area contributed by atoms with Crippen LogP contribution < -0.4 is 0 Å². The van der Waals surface area contributed by atoms with E-state index in [1.807, 2.05) is 14.0 Å². The topological polar surface area (TPSA) is 38.1 Å². The molecule has 1 aromatic heterocycles. The molecule has 2 rings (SSSR count). The zero-order chi connectivity index (χ0) is 10.3. The highest BCUT2D eigenvalue weighted by Gasteiger charge is 2.46. The van der Waals surface area contributed by atoms with Crippen molar-refractivity contribution in [1.82, 2.24) is 9.78 Å². The molecule has 0 bridgehead atoms. The van der Waals surface area contributed by atoms with Crippen molar-refractivity contribution in [3.8, 4) is 0 Å². The lowest BCUT2D eigenvalue weighted by Gasteiger charge is -2.27. The number of aromatic nitrogens is 2. The molecule has 1 heterocycles. The second-order valence-corrected chi connectivity index (χ2v) is 4.87. The Labute approximate surface area is 92.2 Å². The number of nitrogens with zero attached hydrogens (tertiary/aromatic N) is 2. The third kappa shape index (κ3) is 1.41. The highest BCUT2D eigenvalue weighted by molar-refractivity contribution is 9.10. The van der Waals surface area contributed by atoms with E-state index in [1.165, 1.54) is 0 Å². The fraction of sp³-hybridized carbons (Fsp3) is 0.700. The standard InChI is InChI=1S/C10H15BrN2O/c1-3-10(14,7-4-5-7)9-8(11)6-12-13(9)2/h6-7,14H,3-5H2,1-2H3. The van der Waals surface area contributed by atoms with Gasteiger partial charge in [-0.15, -0.1) is 0 Å². The first kappa shape index (κ1) is 10.2. The molecule has 0 radical (unpaired) electrons. The Hall–Kier alpha value is -0.350. The van der Waals surface area contributed by atoms with Gasteiger partial charge < -0.3 is 5.11 Å². The number of aliphatic hydroxyl groups is 1. The van der Waals surface area contributed by atoms with Gasteiger partial charge in [0.15, 0.2) is 0 Å². The largest absolute Gasteiger partial charge is 0.383 e. The number of hydrogen-bond donors (Lipinski definition) is 1. The van der Waals surface area contributed by atoms with Crippen LogP contribution in [-0.4, -0.2) is 14.9 Å². The van der Waals surface area contributed by atoms with E-state index in [9.17, 15) is 5.11 Å². The van der Waals surface area contributed by atoms with Crippen molar-refractivity contribution in [2.75, 3.05) is 0 Å². The molecule has 1 atom stereocenters. The summed E-state index contributed by atoms with van der Waals surface area (Å²) in [6.45, 7) is 2.03. The highest BCUT2D eigenvalue weighted by atomic mass is 79.9. The first-order valence-electron chi connectivity index (χ1n) is 5.00. The molecule has 1 unspecified atom stereocenters. The second kappa shape index (κ2) is 3.35. The minimum atomic E-state index is -0.690. The number of hydrogen-bond acceptors (Lipinski definition) is 2. The molecule has 0 spiro atoms. The predicted molar refractivity (Wildman–Crippen MR) is 57.8 cm³/mol. The zero-order valence-electron chi connectivity index (χ0n) is 8.50. The Balaban J connectivity index is 2.44. The summed E-state index contributed by atoms with van der Waals surface area (Å²) in [6.07, 6.45) is 4.75. The van der Waals surface area contributed by atoms with Crippen molar-refractivity contribution in [1.29, 1.82) is 0 Å². The summed E-state index contributed by atoms with van der Waals surface area (Å²) in [5.74, 6) is 0.416. The monoisotopic (exact) mass is 258 g/mol. The van der Waals surface area contributed by atoms with Crippen LogP contribution in [0.4, 0.5) is 0 Å². The SMILES string of the molecule is CCC(O)(c1c(Br)cnn1C)C1CC1. The minimum absolute atomic E-state index is 0.416. The number of rotatable bonds is 3. The van der Waals surface area contributed by atoms with Crippen LogP contribution in [0.2, 0.25) is 0 Å². The van der Waals surface area contributed by atoms with Crippen LogP contribution in [0, 0.1) is 5.92 Å². The van der Waals surface area contributed by atoms with Gasteiger partial charge in [0.2, 0.25) is 0 Å². The van der Waals surface area contributed by atoms with Crippen LogP contribution in [0.5, 0.6) is 0 Å². The molecule has 0 saturated heterocycles. The van der Waals surface area contributed by atoms with E-state index in [2.05, 4.69) is 21.0 Å². The smallest absolute Gasteiger partial charge is 0.110 e. The normalized spacial score (nSPS) is 20.9. The van der Waals surface area contributed by atoms with E-state index >= 15 is 0 Å². The Kier molecular flexibility index (Phi) is 2.43. The minimum Gasteiger partial charge on any atom is -0.383 e. The third-order valence-corrected chi connectivity index (χ3v) is 3.68. The lowest BCUT2D eigenvalue weighted by molar-refractivity contribution is 0.000406. The molecule has 1 aromatic rings. The van der Waals surface area contributed by atoms with Crippen molar-refractivity contribution < 1.29 is 5.11 Å². The quantitative estimate of drug-likeness (QED) is 0.903. The molecule has 78 valence electrons. The zero-order valence-corrected chi connectivity index (χ0v) is 10.1. The molecular weight excluding hydrogens is 244 g/mol. The van der Waals surface area contributed by atoms with Crippen molar-refractivity contribution >= 4 is 15.9 Å². The van der Waals surface area contributed by atoms with E-state index in [0.29, 0.717) is 5.92 Å². The molecule has 1 N–H and O–H groups in total. The molecule has 14 heavy (non-hydrogen) atoms. The van der Waals surface area contributed by atoms with Gasteiger partial charge in [0, 0.05) is 7.05 Å². The summed E-state index contributed by atoms with van der Waals surface area (Å²) in [6, 6.07) is 0. The van der Waals surface area contributed by atoms with Gasteiger partial charge in [-0.25, -0.2) is 0 Å². The fourth-order valence-corrected chi connectivity index (χ4v) is 2.80. The van der Waals surface area contributed by atoms with E-state index in [4.69, 9.17) is 0 Å². The Morgan fingerprint density at radius 2 is 2.36 bits per heavy atom. The van der Waals surface area contributed by atoms with Crippen molar-refractivity contribution in [3.63, 3.8) is 0 Å². The van der Waals surface area contributed by atoms with Crippen LogP contribution in [0.15, 0.2) is 10.7 Å². The van der Waals surface area contributed by atoms with Gasteiger partial charge in [-0.3, -0.25) is 4.68 Å². The molecule has 1 aliphatic carbocycles. The molecule has 4 heteroatoms. The number of aryl methyl sites for hydroxylation is 1. The van der Waals surface area contributed by atoms with E-state index in [-0.39, 0.29) is 0 Å². The van der Waals surface area contributed by atoms with Gasteiger partial charge in [-0.2, -0.15) is 5.10 Å². The van der Waals surface area contributed by atoms with Gasteiger partial charge in [0.1, 0.15) is 5.60 Å². The van der Waals surface area contributed by atoms with Gasteiger partial charge in [0.05, 0.1) is 16.4 Å². The Morgan fingerprint density at radius 1 is 1.71 bits per heavy atom. The fourth-order valence-electron chi connectivity index (χ4n) is 2.11. The van der Waals surface area contributed by atoms with Crippen LogP contribution >= 0.6 is 15.9 Å². The van der Waals surface area contributed by atoms with Crippen molar-refractivity contribution in [3.05, 3.63) is 16.4 Å². The van der Waals surface area contributed by atoms with E-state index < -0.39 is 5.60 Å². The predicted octanol–water partition coefficient (Wildman–Crippen LogP) is 2.19. The van der Waals surface area contributed by atoms with Crippen LogP contribution in [0.1, 0.15) is 31.9 Å². The Morgan fingerprint density at radius 3 is 2.71 bits per heavy atom. The maximum absolute atomic E-state index is 10.6. The summed E-state index contributed by atoms with van der Waals surface area (Å²) < 4.78 is 2.68. The van der Waals surface area contributed by atoms with Gasteiger partial charge >= 0.3 is 0 Å². The van der Waals surface area contributed by atoms with Crippen LogP contribution in [0.3, 0.4) is 0 Å². The molecule has 3 nitrogen and oxygen atoms in total. The van der Waals surface area contributed by atoms with E-state index in [0.717, 1.165) is 29.4 Å². The molecule has 1 aliphatic rings. The first-order chi connectivity index (χ1) is 6.59. The average Bonchev–Trinajstić information content (AvgIpc) is 2.94. The summed E-state index contributed by atoms with van der Waals surface area (Å²) in [5.41, 5.74) is 0.229. The van der Waals surface area contributed by atoms with Crippen LogP contribution in [-0.2, 0) is 12.6 Å². The molecule has 1 fully saturated rings. The average molecular weight is 259 g/mol. The molecule has 0 aliphatic heterocycles. The molecule has 1 saturated carbocycles. The lowest BCUT2D eigenvalue weighted by Crippen LogP contribution is -2.30. The summed E-state index contributed by atoms with van der Waals surface area (Å²) >= 11 is 3.45. The summed E-state index contributed by atoms with van der Waals surface area (Å²) in [7, 11) is 1.88. The van der Waals surface area contributed by atoms with E-state index in [1.54, 1.807) is 10.9 Å². The maximum Gasteiger partial charge on any atom is 0.110 e. The molecule has 0 aromatic carbocycles. The maximum atomic E-state index is 10.6. The summed E-state index contributed by atoms with van der Waals surface area (Å²) in [5, 5.41) is 14.7. The van der Waals surface area contributed by atoms with Crippen molar-refractivity contribution in [2.24, 2.45) is 13.0 Å². The highest BCUT2D eigenvalue weighted by Crippen LogP contribution is 2.49. The van der Waals surface area contributed by atoms with Gasteiger partial charge in [-0.05, 0) is 41.1 Å². The lowest BCUT2D eigenvalue weighted by atomic mass is 9.91. The third-order valence-electron chi connectivity index (χ3n) is 3.10. The molecule has 0 amide bonds.